The Morgan fingerprint density at radius 3 is 2.71 bits per heavy atom. The summed E-state index contributed by atoms with van der Waals surface area (Å²) in [6, 6.07) is 3.90. The fraction of sp³-hybridized carbons (Fsp3) is 0.143. The van der Waals surface area contributed by atoms with E-state index in [1.165, 1.54) is 18.2 Å². The summed E-state index contributed by atoms with van der Waals surface area (Å²) in [4.78, 5) is 12.0. The van der Waals surface area contributed by atoms with Crippen molar-refractivity contribution in [2.45, 2.75) is 12.8 Å². The lowest BCUT2D eigenvalue weighted by Gasteiger charge is -2.13. The molecule has 0 saturated heterocycles. The van der Waals surface area contributed by atoms with Crippen molar-refractivity contribution >= 4 is 52.1 Å². The van der Waals surface area contributed by atoms with Crippen LogP contribution < -0.4 is 10.6 Å². The molecule has 0 saturated carbocycles. The maximum Gasteiger partial charge on any atom is 0.253 e. The van der Waals surface area contributed by atoms with Crippen molar-refractivity contribution in [2.24, 2.45) is 0 Å². The van der Waals surface area contributed by atoms with E-state index in [1.807, 2.05) is 6.08 Å². The lowest BCUT2D eigenvalue weighted by molar-refractivity contribution is -0.116. The van der Waals surface area contributed by atoms with Gasteiger partial charge in [0.1, 0.15) is 5.82 Å². The van der Waals surface area contributed by atoms with Crippen LogP contribution in [0, 0.1) is 5.82 Å². The van der Waals surface area contributed by atoms with Crippen molar-refractivity contribution in [1.29, 1.82) is 0 Å². The Morgan fingerprint density at radius 2 is 2.05 bits per heavy atom. The molecule has 21 heavy (non-hydrogen) atoms. The lowest BCUT2D eigenvalue weighted by atomic mass is 10.3. The Labute approximate surface area is 136 Å². The second-order valence-corrected chi connectivity index (χ2v) is 5.64. The molecule has 0 spiro atoms. The van der Waals surface area contributed by atoms with Crippen LogP contribution in [0.15, 0.2) is 41.0 Å². The first-order valence-corrected chi connectivity index (χ1v) is 7.25. The first-order valence-electron chi connectivity index (χ1n) is 6.09. The number of carbonyl (C=O) groups is 1. The number of amides is 1. The quantitative estimate of drug-likeness (QED) is 0.621. The molecular weight excluding hydrogens is 341 g/mol. The van der Waals surface area contributed by atoms with Crippen LogP contribution >= 0.6 is 35.4 Å². The van der Waals surface area contributed by atoms with E-state index in [2.05, 4.69) is 10.6 Å². The summed E-state index contributed by atoms with van der Waals surface area (Å²) in [7, 11) is 0. The van der Waals surface area contributed by atoms with Gasteiger partial charge in [-0.1, -0.05) is 29.3 Å². The number of thiocarbonyl (C=S) groups is 1. The smallest absolute Gasteiger partial charge is 0.253 e. The lowest BCUT2D eigenvalue weighted by Crippen LogP contribution is -2.35. The van der Waals surface area contributed by atoms with Gasteiger partial charge in [0.15, 0.2) is 5.11 Å². The fourth-order valence-electron chi connectivity index (χ4n) is 1.81. The van der Waals surface area contributed by atoms with E-state index in [0.29, 0.717) is 29.1 Å². The third kappa shape index (κ3) is 4.81. The average molecular weight is 352 g/mol. The highest BCUT2D eigenvalue weighted by molar-refractivity contribution is 7.80. The van der Waals surface area contributed by atoms with Gasteiger partial charge in [-0.2, -0.15) is 0 Å². The van der Waals surface area contributed by atoms with Crippen molar-refractivity contribution in [1.82, 2.24) is 5.32 Å². The number of nitrogens with one attached hydrogen (secondary N) is 2. The minimum Gasteiger partial charge on any atom is -0.332 e. The number of hydrogen-bond donors (Lipinski definition) is 2. The van der Waals surface area contributed by atoms with E-state index in [1.54, 1.807) is 6.08 Å². The van der Waals surface area contributed by atoms with Crippen LogP contribution in [0.25, 0.3) is 0 Å². The summed E-state index contributed by atoms with van der Waals surface area (Å²) < 4.78 is 13.2. The minimum atomic E-state index is -0.494. The third-order valence-electron chi connectivity index (χ3n) is 2.70. The second kappa shape index (κ2) is 7.02. The highest BCUT2D eigenvalue weighted by Gasteiger charge is 2.14. The Kier molecular flexibility index (Phi) is 5.33. The van der Waals surface area contributed by atoms with Gasteiger partial charge >= 0.3 is 0 Å². The van der Waals surface area contributed by atoms with Crippen molar-refractivity contribution in [2.75, 3.05) is 5.32 Å². The zero-order chi connectivity index (χ0) is 15.4. The summed E-state index contributed by atoms with van der Waals surface area (Å²) in [6.07, 6.45) is 4.74. The van der Waals surface area contributed by atoms with Crippen LogP contribution in [0.5, 0.6) is 0 Å². The molecule has 1 aliphatic rings. The number of rotatable bonds is 2. The number of allylic oxidation sites excluding steroid dienone is 3. The Morgan fingerprint density at radius 1 is 1.29 bits per heavy atom. The molecule has 1 amide bonds. The van der Waals surface area contributed by atoms with Gasteiger partial charge in [0, 0.05) is 21.3 Å². The molecule has 0 aromatic heterocycles. The van der Waals surface area contributed by atoms with Gasteiger partial charge in [0.05, 0.1) is 0 Å². The number of hydrogen-bond acceptors (Lipinski definition) is 2. The number of halogens is 3. The van der Waals surface area contributed by atoms with E-state index in [4.69, 9.17) is 35.4 Å². The van der Waals surface area contributed by atoms with Crippen molar-refractivity contribution < 1.29 is 9.18 Å². The Balaban J connectivity index is 1.98. The first-order chi connectivity index (χ1) is 9.94. The highest BCUT2D eigenvalue weighted by Crippen LogP contribution is 2.20. The molecule has 0 radical (unpaired) electrons. The Hall–Kier alpha value is -1.43. The number of carbonyl (C=O) groups excluding carboxylic acids is 1. The molecule has 2 rings (SSSR count). The van der Waals surface area contributed by atoms with Crippen molar-refractivity contribution in [3.63, 3.8) is 0 Å². The topological polar surface area (TPSA) is 41.1 Å². The predicted octanol–water partition coefficient (Wildman–Crippen LogP) is 4.14. The molecule has 0 atom stereocenters. The summed E-state index contributed by atoms with van der Waals surface area (Å²) in [5, 5.41) is 6.05. The van der Waals surface area contributed by atoms with Gasteiger partial charge in [-0.25, -0.2) is 4.39 Å². The molecule has 2 N–H and O–H groups in total. The van der Waals surface area contributed by atoms with E-state index in [-0.39, 0.29) is 16.0 Å². The van der Waals surface area contributed by atoms with Gasteiger partial charge < -0.3 is 5.32 Å². The van der Waals surface area contributed by atoms with Crippen LogP contribution in [0.2, 0.25) is 5.02 Å². The van der Waals surface area contributed by atoms with Gasteiger partial charge in [0.2, 0.25) is 0 Å². The van der Waals surface area contributed by atoms with E-state index in [9.17, 15) is 9.18 Å². The molecule has 0 bridgehead atoms. The van der Waals surface area contributed by atoms with Crippen LogP contribution in [0.4, 0.5) is 10.1 Å². The molecule has 1 aromatic carbocycles. The average Bonchev–Trinajstić information content (AvgIpc) is 2.37. The fourth-order valence-corrected chi connectivity index (χ4v) is 2.49. The molecule has 1 aromatic rings. The first kappa shape index (κ1) is 15.9. The molecule has 0 aliphatic heterocycles. The van der Waals surface area contributed by atoms with Crippen molar-refractivity contribution in [3.05, 3.63) is 51.8 Å². The van der Waals surface area contributed by atoms with Gasteiger partial charge in [-0.05, 0) is 49.3 Å². The summed E-state index contributed by atoms with van der Waals surface area (Å²) >= 11 is 16.6. The Bertz CT molecular complexity index is 638. The van der Waals surface area contributed by atoms with E-state index in [0.717, 1.165) is 0 Å². The zero-order valence-corrected chi connectivity index (χ0v) is 13.1. The second-order valence-electron chi connectivity index (χ2n) is 4.36. The number of anilines is 1. The zero-order valence-electron chi connectivity index (χ0n) is 10.8. The molecular formula is C14H11Cl2FN2OS. The largest absolute Gasteiger partial charge is 0.332 e. The standard InChI is InChI=1S/C14H11Cl2FN2OS/c15-9-3-1-2-8(4-9)13(20)19-14(21)18-12-6-10(16)5-11(17)7-12/h3-7H,1-2H2,(H2,18,19,20,21)/i1+1,2+1,3+1,4+1,8+1,9+1,14+1. The van der Waals surface area contributed by atoms with Gasteiger partial charge in [-0.3, -0.25) is 10.1 Å². The summed E-state index contributed by atoms with van der Waals surface area (Å²) in [5.41, 5.74) is 0.907. The highest BCUT2D eigenvalue weighted by atomic mass is 35.5. The van der Waals surface area contributed by atoms with Crippen LogP contribution in [0.3, 0.4) is 0 Å². The molecule has 7 heteroatoms. The maximum absolute atomic E-state index is 13.2. The minimum absolute atomic E-state index is 0.0632. The van der Waals surface area contributed by atoms with Crippen LogP contribution in [-0.2, 0) is 4.79 Å². The van der Waals surface area contributed by atoms with Crippen molar-refractivity contribution in [3.8, 4) is 0 Å². The van der Waals surface area contributed by atoms with Crippen LogP contribution in [0.1, 0.15) is 12.8 Å². The summed E-state index contributed by atoms with van der Waals surface area (Å²) in [5.74, 6) is -0.827. The SMILES string of the molecule is O=C(N[13C](=S)Nc1cc(F)cc(Cl)c1)[13C]1=[13CH][13C](Cl)=[13CH][13CH2][13CH2]1. The van der Waals surface area contributed by atoms with Crippen LogP contribution in [-0.4, -0.2) is 11.0 Å². The maximum atomic E-state index is 13.2. The third-order valence-corrected chi connectivity index (χ3v) is 3.39. The van der Waals surface area contributed by atoms with Gasteiger partial charge in [0.25, 0.3) is 5.91 Å². The molecule has 0 unspecified atom stereocenters. The molecule has 0 fully saturated rings. The predicted molar refractivity (Wildman–Crippen MR) is 87.0 cm³/mol. The van der Waals surface area contributed by atoms with E-state index >= 15 is 0 Å². The number of benzene rings is 1. The van der Waals surface area contributed by atoms with E-state index < -0.39 is 5.82 Å². The molecule has 1 aliphatic carbocycles. The van der Waals surface area contributed by atoms with Gasteiger partial charge in [-0.15, -0.1) is 0 Å². The normalized spacial score (nSPS) is 14.0. The monoisotopic (exact) mass is 351 g/mol. The molecule has 110 valence electrons. The molecule has 3 nitrogen and oxygen atoms in total. The summed E-state index contributed by atoms with van der Waals surface area (Å²) in [6.45, 7) is 0. The molecule has 0 heterocycles.